The number of amides is 1. The van der Waals surface area contributed by atoms with Crippen LogP contribution >= 0.6 is 0 Å². The van der Waals surface area contributed by atoms with Crippen molar-refractivity contribution < 1.29 is 28.9 Å². The quantitative estimate of drug-likeness (QED) is 0.217. The molecule has 1 amide bonds. The third-order valence-electron chi connectivity index (χ3n) is 6.60. The minimum absolute atomic E-state index is 0.0374. The number of hydrogen-bond donors (Lipinski definition) is 2. The van der Waals surface area contributed by atoms with Gasteiger partial charge in [-0.2, -0.15) is 0 Å². The number of aliphatic hydroxyl groups excluding tert-OH is 1. The molecular weight excluding hydrogens is 472 g/mol. The molecule has 1 saturated heterocycles. The lowest BCUT2D eigenvalue weighted by atomic mass is 9.94. The Morgan fingerprint density at radius 3 is 2.19 bits per heavy atom. The second-order valence-corrected chi connectivity index (χ2v) is 8.71. The zero-order valence-electron chi connectivity index (χ0n) is 20.9. The minimum atomic E-state index is -0.954. The number of aliphatic hydroxyl groups is 1. The molecule has 8 nitrogen and oxygen atoms in total. The van der Waals surface area contributed by atoms with Gasteiger partial charge in [0.15, 0.2) is 11.5 Å². The number of nitrogens with one attached hydrogen (secondary N) is 1. The third-order valence-corrected chi connectivity index (χ3v) is 6.60. The number of methoxy groups -OCH3 is 3. The van der Waals surface area contributed by atoms with Crippen molar-refractivity contribution >= 4 is 34.0 Å². The number of aromatic amines is 1. The van der Waals surface area contributed by atoms with Crippen LogP contribution in [-0.2, 0) is 9.59 Å². The lowest BCUT2D eigenvalue weighted by Crippen LogP contribution is -2.29. The Balaban J connectivity index is 1.80. The molecule has 1 fully saturated rings. The molecule has 0 spiro atoms. The Hall–Kier alpha value is -4.72. The van der Waals surface area contributed by atoms with Gasteiger partial charge < -0.3 is 24.3 Å². The lowest BCUT2D eigenvalue weighted by molar-refractivity contribution is -0.132. The number of anilines is 1. The summed E-state index contributed by atoms with van der Waals surface area (Å²) in [6.07, 6.45) is 1.63. The molecule has 1 atom stereocenters. The number of aromatic nitrogens is 1. The highest BCUT2D eigenvalue weighted by atomic mass is 16.5. The first kappa shape index (κ1) is 24.0. The summed E-state index contributed by atoms with van der Waals surface area (Å²) in [7, 11) is 4.48. The Morgan fingerprint density at radius 1 is 0.919 bits per heavy atom. The molecule has 2 N–H and O–H groups in total. The number of para-hydroxylation sites is 1. The Bertz CT molecular complexity index is 1530. The first-order chi connectivity index (χ1) is 17.9. The molecule has 3 aromatic carbocycles. The number of rotatable bonds is 6. The van der Waals surface area contributed by atoms with E-state index in [0.29, 0.717) is 34.1 Å². The van der Waals surface area contributed by atoms with Crippen molar-refractivity contribution in [1.29, 1.82) is 0 Å². The van der Waals surface area contributed by atoms with Crippen LogP contribution in [0, 0.1) is 6.92 Å². The summed E-state index contributed by atoms with van der Waals surface area (Å²) < 4.78 is 16.5. The number of fused-ring (bicyclic) bond motifs is 1. The number of carbonyl (C=O) groups excluding carboxylic acids is 2. The number of Topliss-reactive ketones (excluding diaryl/α,β-unsaturated/α-hetero) is 1. The van der Waals surface area contributed by atoms with Crippen LogP contribution in [0.15, 0.2) is 72.4 Å². The summed E-state index contributed by atoms with van der Waals surface area (Å²) in [4.78, 5) is 31.5. The summed E-state index contributed by atoms with van der Waals surface area (Å²) in [6, 6.07) is 17.1. The second kappa shape index (κ2) is 9.39. The maximum atomic E-state index is 13.5. The average Bonchev–Trinajstić information content (AvgIpc) is 3.47. The first-order valence-electron chi connectivity index (χ1n) is 11.6. The summed E-state index contributed by atoms with van der Waals surface area (Å²) in [5, 5.41) is 12.3. The molecule has 1 aliphatic heterocycles. The van der Waals surface area contributed by atoms with Crippen LogP contribution in [0.3, 0.4) is 0 Å². The van der Waals surface area contributed by atoms with Crippen LogP contribution < -0.4 is 19.1 Å². The van der Waals surface area contributed by atoms with Crippen molar-refractivity contribution in [3.63, 3.8) is 0 Å². The molecule has 188 valence electrons. The summed E-state index contributed by atoms with van der Waals surface area (Å²) in [6.45, 7) is 1.94. The second-order valence-electron chi connectivity index (χ2n) is 8.71. The number of ketones is 1. The molecule has 1 aromatic heterocycles. The molecular formula is C29H26N2O6. The number of H-pyrrole nitrogens is 1. The average molecular weight is 499 g/mol. The van der Waals surface area contributed by atoms with Crippen molar-refractivity contribution in [2.24, 2.45) is 0 Å². The number of aryl methyl sites for hydroxylation is 1. The number of benzene rings is 3. The van der Waals surface area contributed by atoms with Gasteiger partial charge in [-0.05, 0) is 42.8 Å². The van der Waals surface area contributed by atoms with E-state index in [1.807, 2.05) is 43.3 Å². The largest absolute Gasteiger partial charge is 0.507 e. The number of ether oxygens (including phenoxy) is 3. The van der Waals surface area contributed by atoms with Crippen molar-refractivity contribution in [3.05, 3.63) is 89.1 Å². The van der Waals surface area contributed by atoms with Crippen LogP contribution in [0.4, 0.5) is 5.69 Å². The lowest BCUT2D eigenvalue weighted by Gasteiger charge is -2.26. The van der Waals surface area contributed by atoms with E-state index in [0.717, 1.165) is 16.5 Å². The van der Waals surface area contributed by atoms with Gasteiger partial charge in [0.1, 0.15) is 5.76 Å². The van der Waals surface area contributed by atoms with E-state index in [9.17, 15) is 14.7 Å². The topological polar surface area (TPSA) is 101 Å². The van der Waals surface area contributed by atoms with E-state index >= 15 is 0 Å². The van der Waals surface area contributed by atoms with Crippen molar-refractivity contribution in [2.75, 3.05) is 26.2 Å². The van der Waals surface area contributed by atoms with Gasteiger partial charge >= 0.3 is 0 Å². The molecule has 0 radical (unpaired) electrons. The smallest absolute Gasteiger partial charge is 0.300 e. The molecule has 5 rings (SSSR count). The van der Waals surface area contributed by atoms with Gasteiger partial charge in [-0.1, -0.05) is 35.9 Å². The third kappa shape index (κ3) is 3.87. The first-order valence-corrected chi connectivity index (χ1v) is 11.6. The van der Waals surface area contributed by atoms with Gasteiger partial charge in [-0.3, -0.25) is 14.5 Å². The fourth-order valence-corrected chi connectivity index (χ4v) is 4.79. The van der Waals surface area contributed by atoms with Crippen LogP contribution in [0.25, 0.3) is 16.7 Å². The standard InChI is InChI=1S/C29H26N2O6/c1-16-9-11-18(12-10-16)31-25(17-13-22(35-2)28(37-4)23(14-17)36-3)24(27(33)29(31)34)26(32)20-15-30-21-8-6-5-7-19(20)21/h5-15,25,30,32H,1-4H3/b26-24-. The van der Waals surface area contributed by atoms with E-state index in [-0.39, 0.29) is 11.3 Å². The van der Waals surface area contributed by atoms with E-state index in [1.165, 1.54) is 26.2 Å². The van der Waals surface area contributed by atoms with Gasteiger partial charge in [0.05, 0.1) is 32.9 Å². The van der Waals surface area contributed by atoms with E-state index in [4.69, 9.17) is 14.2 Å². The van der Waals surface area contributed by atoms with E-state index in [2.05, 4.69) is 4.98 Å². The minimum Gasteiger partial charge on any atom is -0.507 e. The maximum absolute atomic E-state index is 13.5. The van der Waals surface area contributed by atoms with Gasteiger partial charge in [0.2, 0.25) is 5.75 Å². The zero-order valence-corrected chi connectivity index (χ0v) is 20.9. The highest BCUT2D eigenvalue weighted by Gasteiger charge is 2.47. The Labute approximate surface area is 213 Å². The molecule has 8 heteroatoms. The van der Waals surface area contributed by atoms with Crippen LogP contribution in [-0.4, -0.2) is 43.1 Å². The monoisotopic (exact) mass is 498 g/mol. The molecule has 1 aliphatic rings. The summed E-state index contributed by atoms with van der Waals surface area (Å²) in [5.74, 6) is -0.718. The summed E-state index contributed by atoms with van der Waals surface area (Å²) >= 11 is 0. The molecule has 1 unspecified atom stereocenters. The predicted molar refractivity (Wildman–Crippen MR) is 140 cm³/mol. The molecule has 4 aromatic rings. The highest BCUT2D eigenvalue weighted by Crippen LogP contribution is 2.47. The SMILES string of the molecule is COc1cc(C2/C(=C(/O)c3c[nH]c4ccccc34)C(=O)C(=O)N2c2ccc(C)cc2)cc(OC)c1OC. The van der Waals surface area contributed by atoms with Gasteiger partial charge in [-0.15, -0.1) is 0 Å². The number of carbonyl (C=O) groups is 2. The fourth-order valence-electron chi connectivity index (χ4n) is 4.79. The highest BCUT2D eigenvalue weighted by molar-refractivity contribution is 6.51. The van der Waals surface area contributed by atoms with Gasteiger partial charge in [0, 0.05) is 28.4 Å². The van der Waals surface area contributed by atoms with Crippen molar-refractivity contribution in [3.8, 4) is 17.2 Å². The molecule has 2 heterocycles. The van der Waals surface area contributed by atoms with Crippen LogP contribution in [0.1, 0.15) is 22.7 Å². The van der Waals surface area contributed by atoms with Crippen molar-refractivity contribution in [2.45, 2.75) is 13.0 Å². The Morgan fingerprint density at radius 2 is 1.57 bits per heavy atom. The van der Waals surface area contributed by atoms with Gasteiger partial charge in [-0.25, -0.2) is 0 Å². The van der Waals surface area contributed by atoms with E-state index < -0.39 is 17.7 Å². The van der Waals surface area contributed by atoms with E-state index in [1.54, 1.807) is 30.5 Å². The van der Waals surface area contributed by atoms with Gasteiger partial charge in [0.25, 0.3) is 11.7 Å². The Kier molecular flexibility index (Phi) is 6.09. The molecule has 37 heavy (non-hydrogen) atoms. The molecule has 0 bridgehead atoms. The summed E-state index contributed by atoms with van der Waals surface area (Å²) in [5.41, 5.74) is 3.21. The molecule has 0 aliphatic carbocycles. The fraction of sp³-hybridized carbons (Fsp3) is 0.172. The normalized spacial score (nSPS) is 16.9. The van der Waals surface area contributed by atoms with Crippen molar-refractivity contribution in [1.82, 2.24) is 4.98 Å². The van der Waals surface area contributed by atoms with Crippen LogP contribution in [0.2, 0.25) is 0 Å². The maximum Gasteiger partial charge on any atom is 0.300 e. The molecule has 0 saturated carbocycles. The number of hydrogen-bond acceptors (Lipinski definition) is 6. The predicted octanol–water partition coefficient (Wildman–Crippen LogP) is 5.13. The zero-order chi connectivity index (χ0) is 26.3. The number of nitrogens with zero attached hydrogens (tertiary/aromatic N) is 1. The van der Waals surface area contributed by atoms with Crippen LogP contribution in [0.5, 0.6) is 17.2 Å².